The Hall–Kier alpha value is -1.75. The predicted octanol–water partition coefficient (Wildman–Crippen LogP) is 1.17. The Morgan fingerprint density at radius 1 is 0.515 bits per heavy atom. The number of carbonyl (C=O) groups is 3. The van der Waals surface area contributed by atoms with Gasteiger partial charge in [-0.3, -0.25) is 14.4 Å². The third kappa shape index (κ3) is 24.7. The average molecular weight is 476 g/mol. The Morgan fingerprint density at radius 3 is 1.55 bits per heavy atom. The molecule has 0 aromatic rings. The third-order valence-electron chi connectivity index (χ3n) is 4.46. The van der Waals surface area contributed by atoms with Crippen LogP contribution in [0, 0.1) is 0 Å². The molecular weight excluding hydrogens is 430 g/mol. The lowest BCUT2D eigenvalue weighted by Crippen LogP contribution is -2.31. The van der Waals surface area contributed by atoms with E-state index in [1.165, 1.54) is 6.42 Å². The van der Waals surface area contributed by atoms with Crippen LogP contribution in [0.4, 0.5) is 0 Å². The molecule has 0 fully saturated rings. The molecule has 0 aliphatic carbocycles. The van der Waals surface area contributed by atoms with Gasteiger partial charge in [0.25, 0.3) is 0 Å². The van der Waals surface area contributed by atoms with Gasteiger partial charge in [-0.25, -0.2) is 0 Å². The van der Waals surface area contributed by atoms with Crippen molar-refractivity contribution < 1.29 is 33.3 Å². The highest BCUT2D eigenvalue weighted by molar-refractivity contribution is 5.77. The second kappa shape index (κ2) is 24.9. The number of nitrogens with one attached hydrogen (secondary N) is 3. The van der Waals surface area contributed by atoms with Crippen molar-refractivity contribution in [3.8, 4) is 0 Å². The van der Waals surface area contributed by atoms with Crippen LogP contribution in [0.5, 0.6) is 0 Å². The molecule has 10 heteroatoms. The van der Waals surface area contributed by atoms with E-state index in [2.05, 4.69) is 29.8 Å². The fourth-order valence-corrected chi connectivity index (χ4v) is 2.60. The van der Waals surface area contributed by atoms with Gasteiger partial charge < -0.3 is 34.9 Å². The number of rotatable bonds is 24. The summed E-state index contributed by atoms with van der Waals surface area (Å²) in [7, 11) is 0. The number of carbonyl (C=O) groups excluding carboxylic acids is 3. The van der Waals surface area contributed by atoms with Gasteiger partial charge in [0, 0.05) is 26.1 Å². The minimum Gasteiger partial charge on any atom is -0.377 e. The molecule has 0 aromatic heterocycles. The molecule has 10 nitrogen and oxygen atoms in total. The van der Waals surface area contributed by atoms with E-state index >= 15 is 0 Å². The minimum absolute atomic E-state index is 0.0264. The van der Waals surface area contributed by atoms with E-state index in [4.69, 9.17) is 18.9 Å². The van der Waals surface area contributed by atoms with Crippen LogP contribution in [-0.2, 0) is 33.3 Å². The third-order valence-corrected chi connectivity index (χ3v) is 4.46. The Morgan fingerprint density at radius 2 is 1.00 bits per heavy atom. The summed E-state index contributed by atoms with van der Waals surface area (Å²) < 4.78 is 21.2. The molecule has 0 rings (SSSR count). The Labute approximate surface area is 198 Å². The van der Waals surface area contributed by atoms with Gasteiger partial charge in [0.15, 0.2) is 0 Å². The molecule has 0 saturated carbocycles. The molecule has 0 aliphatic heterocycles. The number of amides is 3. The van der Waals surface area contributed by atoms with Crippen LogP contribution in [0.25, 0.3) is 0 Å². The topological polar surface area (TPSA) is 124 Å². The fraction of sp³-hybridized carbons (Fsp3) is 0.870. The van der Waals surface area contributed by atoms with Gasteiger partial charge in [-0.15, -0.1) is 0 Å². The standard InChI is InChI=1S/C23H45N3O7/c1-3-5-7-8-9-21(27)25-11-13-30-15-18-33-20-23(29)26-12-14-31-16-17-32-19-22(28)24-10-6-4-2/h3-20H2,1-2H3,(H,24,28)(H,25,27)(H,26,29). The second-order valence-electron chi connectivity index (χ2n) is 7.54. The lowest BCUT2D eigenvalue weighted by atomic mass is 10.1. The molecule has 0 bridgehead atoms. The normalized spacial score (nSPS) is 10.7. The van der Waals surface area contributed by atoms with E-state index in [1.54, 1.807) is 0 Å². The first-order valence-electron chi connectivity index (χ1n) is 12.2. The summed E-state index contributed by atoms with van der Waals surface area (Å²) in [5.41, 5.74) is 0. The zero-order chi connectivity index (χ0) is 24.4. The maximum absolute atomic E-state index is 11.6. The van der Waals surface area contributed by atoms with Crippen LogP contribution in [0.3, 0.4) is 0 Å². The van der Waals surface area contributed by atoms with Crippen molar-refractivity contribution in [2.45, 2.75) is 58.8 Å². The molecule has 33 heavy (non-hydrogen) atoms. The van der Waals surface area contributed by atoms with Gasteiger partial charge in [-0.2, -0.15) is 0 Å². The van der Waals surface area contributed by atoms with Crippen LogP contribution >= 0.6 is 0 Å². The van der Waals surface area contributed by atoms with Gasteiger partial charge >= 0.3 is 0 Å². The molecular formula is C23H45N3O7. The van der Waals surface area contributed by atoms with Gasteiger partial charge in [0.2, 0.25) is 17.7 Å². The summed E-state index contributed by atoms with van der Waals surface area (Å²) in [5.74, 6) is -0.292. The summed E-state index contributed by atoms with van der Waals surface area (Å²) in [4.78, 5) is 34.7. The van der Waals surface area contributed by atoms with Crippen molar-refractivity contribution in [2.75, 3.05) is 72.5 Å². The molecule has 3 N–H and O–H groups in total. The number of ether oxygens (including phenoxy) is 4. The second-order valence-corrected chi connectivity index (χ2v) is 7.54. The van der Waals surface area contributed by atoms with Gasteiger partial charge in [0.05, 0.1) is 39.6 Å². The highest BCUT2D eigenvalue weighted by Gasteiger charge is 2.03. The quantitative estimate of drug-likeness (QED) is 0.179. The lowest BCUT2D eigenvalue weighted by molar-refractivity contribution is -0.127. The van der Waals surface area contributed by atoms with Crippen LogP contribution < -0.4 is 16.0 Å². The van der Waals surface area contributed by atoms with Crippen molar-refractivity contribution in [3.05, 3.63) is 0 Å². The van der Waals surface area contributed by atoms with Crippen LogP contribution in [-0.4, -0.2) is 90.2 Å². The number of unbranched alkanes of at least 4 members (excludes halogenated alkanes) is 4. The monoisotopic (exact) mass is 475 g/mol. The van der Waals surface area contributed by atoms with E-state index in [-0.39, 0.29) is 30.9 Å². The largest absolute Gasteiger partial charge is 0.377 e. The van der Waals surface area contributed by atoms with Crippen LogP contribution in [0.15, 0.2) is 0 Å². The smallest absolute Gasteiger partial charge is 0.246 e. The molecule has 0 saturated heterocycles. The van der Waals surface area contributed by atoms with Crippen LogP contribution in [0.1, 0.15) is 58.8 Å². The number of hydrogen-bond donors (Lipinski definition) is 3. The zero-order valence-electron chi connectivity index (χ0n) is 20.6. The Balaban J connectivity index is 3.31. The molecule has 3 amide bonds. The van der Waals surface area contributed by atoms with Crippen LogP contribution in [0.2, 0.25) is 0 Å². The molecule has 0 atom stereocenters. The lowest BCUT2D eigenvalue weighted by Gasteiger charge is -2.09. The highest BCUT2D eigenvalue weighted by Crippen LogP contribution is 2.01. The predicted molar refractivity (Wildman–Crippen MR) is 126 cm³/mol. The molecule has 0 heterocycles. The average Bonchev–Trinajstić information content (AvgIpc) is 2.80. The number of hydrogen-bond acceptors (Lipinski definition) is 7. The molecule has 0 radical (unpaired) electrons. The SMILES string of the molecule is CCCCCCC(=O)NCCOCCOCC(=O)NCCOCCOCC(=O)NCCCC. The summed E-state index contributed by atoms with van der Waals surface area (Å²) >= 11 is 0. The Kier molecular flexibility index (Phi) is 23.6. The van der Waals surface area contributed by atoms with Crippen molar-refractivity contribution >= 4 is 17.7 Å². The maximum Gasteiger partial charge on any atom is 0.246 e. The molecule has 0 spiro atoms. The van der Waals surface area contributed by atoms with Crippen molar-refractivity contribution in [2.24, 2.45) is 0 Å². The van der Waals surface area contributed by atoms with Gasteiger partial charge in [-0.1, -0.05) is 39.5 Å². The van der Waals surface area contributed by atoms with Crippen molar-refractivity contribution in [1.82, 2.24) is 16.0 Å². The summed E-state index contributed by atoms with van der Waals surface area (Å²) in [6.07, 6.45) is 6.90. The maximum atomic E-state index is 11.6. The molecule has 194 valence electrons. The van der Waals surface area contributed by atoms with E-state index in [0.29, 0.717) is 65.7 Å². The Bertz CT molecular complexity index is 493. The molecule has 0 unspecified atom stereocenters. The molecule has 0 aliphatic rings. The summed E-state index contributed by atoms with van der Waals surface area (Å²) in [6.45, 7) is 7.81. The summed E-state index contributed by atoms with van der Waals surface area (Å²) in [5, 5.41) is 8.27. The van der Waals surface area contributed by atoms with E-state index in [1.807, 2.05) is 0 Å². The first-order valence-corrected chi connectivity index (χ1v) is 12.2. The fourth-order valence-electron chi connectivity index (χ4n) is 2.60. The van der Waals surface area contributed by atoms with Gasteiger partial charge in [0.1, 0.15) is 13.2 Å². The zero-order valence-corrected chi connectivity index (χ0v) is 20.6. The summed E-state index contributed by atoms with van der Waals surface area (Å²) in [6, 6.07) is 0. The van der Waals surface area contributed by atoms with Crippen molar-refractivity contribution in [3.63, 3.8) is 0 Å². The minimum atomic E-state index is -0.228. The van der Waals surface area contributed by atoms with Gasteiger partial charge in [-0.05, 0) is 12.8 Å². The first-order chi connectivity index (χ1) is 16.1. The van der Waals surface area contributed by atoms with E-state index < -0.39 is 0 Å². The van der Waals surface area contributed by atoms with E-state index in [9.17, 15) is 14.4 Å². The first kappa shape index (κ1) is 31.2. The molecule has 0 aromatic carbocycles. The van der Waals surface area contributed by atoms with E-state index in [0.717, 1.165) is 32.1 Å². The van der Waals surface area contributed by atoms with Crippen molar-refractivity contribution in [1.29, 1.82) is 0 Å². The highest BCUT2D eigenvalue weighted by atomic mass is 16.5.